The number of phenols is 4. The van der Waals surface area contributed by atoms with Crippen molar-refractivity contribution in [2.75, 3.05) is 100 Å². The number of nitrogens with zero attached hydrogens (tertiary/aromatic N) is 10. The monoisotopic (exact) mass is 1540 g/mol. The summed E-state index contributed by atoms with van der Waals surface area (Å²) in [6, 6.07) is 28.5. The van der Waals surface area contributed by atoms with Gasteiger partial charge >= 0.3 is 17.9 Å². The first-order chi connectivity index (χ1) is 52.2. The standard InChI is InChI=1S/C17H21NO4.C16H18N2O5.C15H19N3O6.C15H19N3O4.C11H20N2O6/c1-18(8-6-12-2-4-14(19)16(21)10-12)9-7-13-3-5-15(20)17(22)11-13;1-2-12(19)11(9-17-7-3-5-13(20)15(17)22)10-18-8-4-6-14(21)16(18)23;1-16(8-10-23-14-6-2-4-12(19)17(14)21)9-11-24-15-7-3-5-13(20)18(15)22;1-16(8-10-17-6-2-4-12(19)14(17)21)9-11-18-7-3-5-13(20)15(18)22;1-12-5-3-2-4-8(11(18)19)13(6-9(14)15)7-10(16)17/h2-5,10-11,19-22H,6-9H2,1H3;3-8,11,20-21H,2,9-10H2,1H3;2-7,21-22H,8-11H2,1H3;2-7,19-20H,8-11H2,1H3;8,12H,2-7H2,1H3,(H,14,15)(H,16,17)(H,18,19). The van der Waals surface area contributed by atoms with Gasteiger partial charge in [0.15, 0.2) is 46.0 Å². The molecule has 1 unspecified atom stereocenters. The number of aliphatic carboxylic acids is 3. The van der Waals surface area contributed by atoms with Crippen molar-refractivity contribution in [3.05, 3.63) is 219 Å². The van der Waals surface area contributed by atoms with Crippen molar-refractivity contribution in [1.82, 2.24) is 52.6 Å². The van der Waals surface area contributed by atoms with Crippen molar-refractivity contribution in [2.24, 2.45) is 5.92 Å². The molecule has 36 heteroatoms. The van der Waals surface area contributed by atoms with Crippen molar-refractivity contribution in [1.29, 1.82) is 0 Å². The van der Waals surface area contributed by atoms with E-state index in [1.54, 1.807) is 62.8 Å². The van der Waals surface area contributed by atoms with E-state index in [-0.39, 0.29) is 91.2 Å². The number of Topliss-reactive ketones (excluding diaryl/α,β-unsaturated/α-hetero) is 1. The molecule has 6 aromatic heterocycles. The number of hydrogen-bond acceptors (Lipinski definition) is 27. The lowest BCUT2D eigenvalue weighted by Gasteiger charge is -2.25. The average Bonchev–Trinajstić information content (AvgIpc) is 0.835. The molecule has 0 radical (unpaired) electrons. The molecule has 8 rings (SSSR count). The predicted molar refractivity (Wildman–Crippen MR) is 401 cm³/mol. The Kier molecular flexibility index (Phi) is 38.2. The molecule has 8 aromatic rings. The van der Waals surface area contributed by atoms with E-state index < -0.39 is 87.8 Å². The van der Waals surface area contributed by atoms with Crippen LogP contribution >= 0.6 is 0 Å². The Labute approximate surface area is 630 Å². The molecular formula is C74H97N11O25. The summed E-state index contributed by atoms with van der Waals surface area (Å²) in [7, 11) is 7.48. The maximum Gasteiger partial charge on any atom is 0.320 e. The molecule has 0 aliphatic rings. The Hall–Kier alpha value is -12.4. The van der Waals surface area contributed by atoms with Gasteiger partial charge in [0.2, 0.25) is 11.8 Å². The minimum atomic E-state index is -1.25. The largest absolute Gasteiger partial charge is 0.504 e. The molecule has 36 nitrogen and oxygen atoms in total. The molecule has 0 spiro atoms. The Balaban J connectivity index is 0.000000291. The zero-order valence-electron chi connectivity index (χ0n) is 61.5. The summed E-state index contributed by atoms with van der Waals surface area (Å²) in [4.78, 5) is 121. The number of aromatic nitrogens is 6. The van der Waals surface area contributed by atoms with E-state index in [0.29, 0.717) is 55.2 Å². The number of hydrogen-bond donors (Lipinski definition) is 14. The number of pyridine rings is 6. The van der Waals surface area contributed by atoms with Gasteiger partial charge in [-0.25, -0.2) is 0 Å². The van der Waals surface area contributed by atoms with Gasteiger partial charge in [-0.05, 0) is 144 Å². The average molecular weight is 1540 g/mol. The fraction of sp³-hybridized carbons (Fsp3) is 0.378. The second-order valence-corrected chi connectivity index (χ2v) is 24.9. The molecule has 0 saturated heterocycles. The molecule has 0 bridgehead atoms. The van der Waals surface area contributed by atoms with Crippen molar-refractivity contribution in [3.63, 3.8) is 0 Å². The maximum atomic E-state index is 12.2. The number of ether oxygens (including phenoxy) is 2. The number of phenolic OH excluding ortho intramolecular Hbond substituents is 4. The topological polar surface area (TPSA) is 507 Å². The number of rotatable bonds is 37. The molecule has 598 valence electrons. The van der Waals surface area contributed by atoms with Crippen LogP contribution in [0.1, 0.15) is 43.7 Å². The maximum absolute atomic E-state index is 12.2. The van der Waals surface area contributed by atoms with Gasteiger partial charge in [0.05, 0.1) is 19.0 Å². The lowest BCUT2D eigenvalue weighted by molar-refractivity contribution is -0.149. The fourth-order valence-corrected chi connectivity index (χ4v) is 10.2. The number of carbonyl (C=O) groups is 4. The van der Waals surface area contributed by atoms with Crippen LogP contribution in [0.2, 0.25) is 0 Å². The normalized spacial score (nSPS) is 11.1. The molecule has 6 heterocycles. The highest BCUT2D eigenvalue weighted by atomic mass is 16.6. The molecule has 2 aromatic carbocycles. The summed E-state index contributed by atoms with van der Waals surface area (Å²) in [6.45, 7) is 6.58. The third-order valence-corrected chi connectivity index (χ3v) is 16.5. The Morgan fingerprint density at radius 1 is 0.455 bits per heavy atom. The summed E-state index contributed by atoms with van der Waals surface area (Å²) in [5.41, 5.74) is -1.22. The number of unbranched alkanes of at least 4 members (excludes halogenated alkanes) is 1. The molecule has 1 atom stereocenters. The second-order valence-electron chi connectivity index (χ2n) is 24.9. The van der Waals surface area contributed by atoms with Crippen LogP contribution in [0.3, 0.4) is 0 Å². The third kappa shape index (κ3) is 31.2. The fourth-order valence-electron chi connectivity index (χ4n) is 10.2. The molecule has 0 saturated carbocycles. The van der Waals surface area contributed by atoms with Crippen LogP contribution < -0.4 is 48.1 Å². The van der Waals surface area contributed by atoms with Gasteiger partial charge in [0.1, 0.15) is 25.0 Å². The summed E-state index contributed by atoms with van der Waals surface area (Å²) in [5.74, 6) is -6.04. The van der Waals surface area contributed by atoms with Gasteiger partial charge < -0.3 is 109 Å². The molecule has 14 N–H and O–H groups in total. The SMILES string of the molecule is CCC(=O)C(Cn1cccc(O)c1=O)Cn1cccc(O)c1=O.CN(CCOc1cccc(=O)n1O)CCOc1cccc(=O)n1O.CN(CCc1ccc(O)c(O)c1)CCc1ccc(O)c(O)c1.CN(CCn1cccc(O)c1=O)CCn1cccc(O)c1=O.CNCCCCC(C(=O)O)N(CC(=O)O)CC(=O)O. The lowest BCUT2D eigenvalue weighted by Crippen LogP contribution is -2.46. The number of carboxylic acids is 3. The Morgan fingerprint density at radius 3 is 1.19 bits per heavy atom. The van der Waals surface area contributed by atoms with E-state index >= 15 is 0 Å². The van der Waals surface area contributed by atoms with Crippen LogP contribution in [-0.2, 0) is 58.2 Å². The summed E-state index contributed by atoms with van der Waals surface area (Å²) in [6.07, 6.45) is 9.53. The third-order valence-electron chi connectivity index (χ3n) is 16.5. The number of nitrogens with one attached hydrogen (secondary N) is 1. The van der Waals surface area contributed by atoms with Crippen LogP contribution in [0.5, 0.6) is 57.8 Å². The van der Waals surface area contributed by atoms with Crippen LogP contribution in [0, 0.1) is 5.92 Å². The number of benzene rings is 2. The molecular weight excluding hydrogens is 1440 g/mol. The first-order valence-electron chi connectivity index (χ1n) is 34.5. The van der Waals surface area contributed by atoms with Gasteiger partial charge in [0, 0.05) is 121 Å². The lowest BCUT2D eigenvalue weighted by atomic mass is 10.0. The van der Waals surface area contributed by atoms with E-state index in [1.165, 1.54) is 116 Å². The molecule has 110 heavy (non-hydrogen) atoms. The van der Waals surface area contributed by atoms with Crippen molar-refractivity contribution in [2.45, 2.75) is 77.7 Å². The molecule has 0 amide bonds. The zero-order chi connectivity index (χ0) is 81.6. The number of carboxylic acid groups (broad SMARTS) is 3. The smallest absolute Gasteiger partial charge is 0.320 e. The van der Waals surface area contributed by atoms with Gasteiger partial charge in [-0.1, -0.05) is 37.6 Å². The van der Waals surface area contributed by atoms with Gasteiger partial charge in [-0.2, -0.15) is 0 Å². The first kappa shape index (κ1) is 90.0. The number of ketones is 1. The second kappa shape index (κ2) is 46.6. The zero-order valence-corrected chi connectivity index (χ0v) is 61.5. The van der Waals surface area contributed by atoms with E-state index in [4.69, 9.17) is 24.8 Å². The number of carbonyl (C=O) groups excluding carboxylic acids is 1. The van der Waals surface area contributed by atoms with Gasteiger partial charge in [-0.15, -0.1) is 9.46 Å². The van der Waals surface area contributed by atoms with Crippen molar-refractivity contribution in [3.8, 4) is 57.8 Å². The summed E-state index contributed by atoms with van der Waals surface area (Å²) in [5, 5.41) is 123. The minimum absolute atomic E-state index is 0.0437. The highest BCUT2D eigenvalue weighted by Gasteiger charge is 2.29. The Morgan fingerprint density at radius 2 is 0.827 bits per heavy atom. The highest BCUT2D eigenvalue weighted by molar-refractivity contribution is 5.80. The van der Waals surface area contributed by atoms with Gasteiger partial charge in [0.25, 0.3) is 33.4 Å². The van der Waals surface area contributed by atoms with Crippen molar-refractivity contribution < 1.29 is 95.2 Å². The number of aromatic hydroxyl groups is 8. The number of likely N-dealkylation sites (N-methyl/N-ethyl adjacent to an activating group) is 3. The van der Waals surface area contributed by atoms with Gasteiger partial charge in [-0.3, -0.25) is 57.7 Å². The first-order valence-corrected chi connectivity index (χ1v) is 34.5. The Bertz CT molecular complexity index is 4370. The summed E-state index contributed by atoms with van der Waals surface area (Å²) < 4.78 is 16.9. The summed E-state index contributed by atoms with van der Waals surface area (Å²) >= 11 is 0. The van der Waals surface area contributed by atoms with E-state index in [0.717, 1.165) is 54.9 Å². The minimum Gasteiger partial charge on any atom is -0.504 e. The quantitative estimate of drug-likeness (QED) is 0.0151. The van der Waals surface area contributed by atoms with E-state index in [9.17, 15) is 99.2 Å². The molecule has 0 aliphatic carbocycles. The van der Waals surface area contributed by atoms with E-state index in [2.05, 4.69) is 10.2 Å². The van der Waals surface area contributed by atoms with Crippen LogP contribution in [0.25, 0.3) is 0 Å². The van der Waals surface area contributed by atoms with E-state index in [1.807, 2.05) is 30.9 Å². The highest BCUT2D eigenvalue weighted by Crippen LogP contribution is 2.27. The van der Waals surface area contributed by atoms with Crippen LogP contribution in [0.4, 0.5) is 0 Å². The molecule has 0 aliphatic heterocycles. The molecule has 0 fully saturated rings. The van der Waals surface area contributed by atoms with Crippen LogP contribution in [-0.4, -0.2) is 244 Å². The predicted octanol–water partition coefficient (Wildman–Crippen LogP) is 2.17. The van der Waals surface area contributed by atoms with Crippen molar-refractivity contribution >= 4 is 23.7 Å². The van der Waals surface area contributed by atoms with Crippen LogP contribution in [0.15, 0.2) is 175 Å².